The first-order valence-electron chi connectivity index (χ1n) is 19.5. The van der Waals surface area contributed by atoms with Crippen LogP contribution in [0.15, 0.2) is 104 Å². The smallest absolute Gasteiger partial charge is 0.262 e. The Morgan fingerprint density at radius 2 is 1.60 bits per heavy atom. The second-order valence-corrected chi connectivity index (χ2v) is 15.0. The standard InChI is InChI=1S/C45H42N6O6/c1-27-7-15-40(43(52)49-27)51-44(53)36-14-12-31(23-37(36)45(51)54)55-19-5-3-4-6-30-10-11-32(25-47-30)56-33-21-34(22-33)57-42-16-9-29(24-48-42)28-8-13-35-38-26-46-18-17-39(38)50(2)41(35)20-28/h8-14,16-18,20,23-26,33-34,40H,1,3-7,15,19,21-22H2,2H3,(H,49,52). The second-order valence-electron chi connectivity index (χ2n) is 15.0. The maximum absolute atomic E-state index is 13.1. The minimum atomic E-state index is -0.834. The van der Waals surface area contributed by atoms with E-state index < -0.39 is 17.9 Å². The number of carbonyl (C=O) groups is 3. The SMILES string of the molecule is C=C1CCC(N2C(=O)c3ccc(OCCCCCc4ccc(OC5CC(Oc6ccc(-c7ccc8c9cnccc9n(C)c8c7)cn6)C5)cn4)cc3C2=O)C(=O)N1. The Balaban J connectivity index is 0.679. The van der Waals surface area contributed by atoms with Crippen molar-refractivity contribution in [2.45, 2.75) is 69.6 Å². The van der Waals surface area contributed by atoms with E-state index in [1.165, 1.54) is 5.39 Å². The van der Waals surface area contributed by atoms with Gasteiger partial charge in [0.05, 0.1) is 29.4 Å². The summed E-state index contributed by atoms with van der Waals surface area (Å²) in [4.78, 5) is 53.1. The fourth-order valence-electron chi connectivity index (χ4n) is 7.95. The summed E-state index contributed by atoms with van der Waals surface area (Å²) in [5.41, 5.74) is 6.61. The predicted octanol–water partition coefficient (Wildman–Crippen LogP) is 7.35. The summed E-state index contributed by atoms with van der Waals surface area (Å²) >= 11 is 0. The topological polar surface area (TPSA) is 138 Å². The monoisotopic (exact) mass is 762 g/mol. The summed E-state index contributed by atoms with van der Waals surface area (Å²) in [6.07, 6.45) is 13.6. The second kappa shape index (κ2) is 15.2. The van der Waals surface area contributed by atoms with Crippen LogP contribution in [0.1, 0.15) is 71.4 Å². The van der Waals surface area contributed by atoms with Gasteiger partial charge in [0.1, 0.15) is 29.7 Å². The van der Waals surface area contributed by atoms with Gasteiger partial charge >= 0.3 is 0 Å². The number of nitrogens with one attached hydrogen (secondary N) is 1. The lowest BCUT2D eigenvalue weighted by molar-refractivity contribution is -0.125. The van der Waals surface area contributed by atoms with Crippen LogP contribution < -0.4 is 19.5 Å². The van der Waals surface area contributed by atoms with Gasteiger partial charge in [-0.2, -0.15) is 0 Å². The quantitative estimate of drug-likeness (QED) is 0.0946. The molecule has 1 aliphatic carbocycles. The normalized spacial score (nSPS) is 19.1. The molecule has 0 radical (unpaired) electrons. The number of pyridine rings is 3. The summed E-state index contributed by atoms with van der Waals surface area (Å²) in [5.74, 6) is 0.585. The van der Waals surface area contributed by atoms with Crippen molar-refractivity contribution in [2.24, 2.45) is 7.05 Å². The zero-order valence-electron chi connectivity index (χ0n) is 31.6. The largest absolute Gasteiger partial charge is 0.494 e. The van der Waals surface area contributed by atoms with Gasteiger partial charge in [0.15, 0.2) is 0 Å². The van der Waals surface area contributed by atoms with E-state index in [-0.39, 0.29) is 23.7 Å². The molecule has 288 valence electrons. The molecule has 3 amide bonds. The first-order chi connectivity index (χ1) is 27.8. The highest BCUT2D eigenvalue weighted by molar-refractivity contribution is 6.23. The van der Waals surface area contributed by atoms with Gasteiger partial charge in [-0.3, -0.25) is 29.3 Å². The number of nitrogens with zero attached hydrogens (tertiary/aromatic N) is 5. The van der Waals surface area contributed by atoms with E-state index in [4.69, 9.17) is 14.2 Å². The van der Waals surface area contributed by atoms with E-state index in [0.29, 0.717) is 42.3 Å². The van der Waals surface area contributed by atoms with Crippen molar-refractivity contribution < 1.29 is 28.6 Å². The lowest BCUT2D eigenvalue weighted by atomic mass is 9.92. The minimum absolute atomic E-state index is 0.0579. The van der Waals surface area contributed by atoms with Gasteiger partial charge in [0, 0.05) is 77.8 Å². The number of benzene rings is 2. The molecule has 12 heteroatoms. The van der Waals surface area contributed by atoms with Crippen LogP contribution in [-0.2, 0) is 18.3 Å². The zero-order chi connectivity index (χ0) is 39.0. The van der Waals surface area contributed by atoms with Crippen molar-refractivity contribution in [2.75, 3.05) is 6.61 Å². The Labute approximate surface area is 329 Å². The molecule has 2 aromatic carbocycles. The number of rotatable bonds is 13. The fourth-order valence-corrected chi connectivity index (χ4v) is 7.95. The summed E-state index contributed by atoms with van der Waals surface area (Å²) in [7, 11) is 2.08. The summed E-state index contributed by atoms with van der Waals surface area (Å²) in [6, 6.07) is 20.6. The molecule has 2 fully saturated rings. The summed E-state index contributed by atoms with van der Waals surface area (Å²) < 4.78 is 20.4. The highest BCUT2D eigenvalue weighted by Gasteiger charge is 2.44. The van der Waals surface area contributed by atoms with Crippen LogP contribution in [0.5, 0.6) is 17.4 Å². The van der Waals surface area contributed by atoms with Gasteiger partial charge in [0.2, 0.25) is 11.8 Å². The Morgan fingerprint density at radius 1 is 0.772 bits per heavy atom. The number of allylic oxidation sites excluding steroid dienone is 1. The summed E-state index contributed by atoms with van der Waals surface area (Å²) in [5, 5.41) is 4.99. The lowest BCUT2D eigenvalue weighted by Gasteiger charge is -2.34. The molecule has 0 bridgehead atoms. The van der Waals surface area contributed by atoms with Gasteiger partial charge in [-0.25, -0.2) is 4.98 Å². The lowest BCUT2D eigenvalue weighted by Crippen LogP contribution is -2.51. The molecule has 0 spiro atoms. The van der Waals surface area contributed by atoms with Gasteiger partial charge in [-0.1, -0.05) is 18.7 Å². The number of fused-ring (bicyclic) bond motifs is 4. The maximum atomic E-state index is 13.1. The van der Waals surface area contributed by atoms with Crippen LogP contribution in [0, 0.1) is 0 Å². The van der Waals surface area contributed by atoms with Gasteiger partial charge < -0.3 is 24.1 Å². The number of hydrogen-bond donors (Lipinski definition) is 1. The average molecular weight is 763 g/mol. The maximum Gasteiger partial charge on any atom is 0.262 e. The van der Waals surface area contributed by atoms with Gasteiger partial charge in [-0.15, -0.1) is 0 Å². The molecule has 12 nitrogen and oxygen atoms in total. The fraction of sp³-hybridized carbons (Fsp3) is 0.289. The van der Waals surface area contributed by atoms with E-state index in [0.717, 1.165) is 82.4 Å². The Kier molecular flexibility index (Phi) is 9.61. The van der Waals surface area contributed by atoms with Gasteiger partial charge in [0.25, 0.3) is 11.8 Å². The number of piperidine rings is 1. The van der Waals surface area contributed by atoms with Crippen molar-refractivity contribution in [3.63, 3.8) is 0 Å². The highest BCUT2D eigenvalue weighted by atomic mass is 16.5. The molecule has 57 heavy (non-hydrogen) atoms. The molecule has 2 aliphatic heterocycles. The van der Waals surface area contributed by atoms with E-state index >= 15 is 0 Å². The minimum Gasteiger partial charge on any atom is -0.494 e. The molecule has 6 aromatic rings. The number of hydrogen-bond acceptors (Lipinski definition) is 9. The van der Waals surface area contributed by atoms with Crippen molar-refractivity contribution in [3.05, 3.63) is 121 Å². The van der Waals surface area contributed by atoms with Crippen LogP contribution in [0.25, 0.3) is 32.9 Å². The number of ether oxygens (including phenoxy) is 3. The Hall–Kier alpha value is -6.56. The number of amides is 3. The third-order valence-corrected chi connectivity index (χ3v) is 11.2. The number of carbonyl (C=O) groups excluding carboxylic acids is 3. The van der Waals surface area contributed by atoms with Crippen LogP contribution >= 0.6 is 0 Å². The van der Waals surface area contributed by atoms with Crippen LogP contribution in [-0.4, -0.2) is 67.0 Å². The molecule has 1 unspecified atom stereocenters. The van der Waals surface area contributed by atoms with Crippen LogP contribution in [0.4, 0.5) is 0 Å². The van der Waals surface area contributed by atoms with Crippen LogP contribution in [0.2, 0.25) is 0 Å². The van der Waals surface area contributed by atoms with E-state index in [2.05, 4.69) is 62.7 Å². The highest BCUT2D eigenvalue weighted by Crippen LogP contribution is 2.34. The third-order valence-electron chi connectivity index (χ3n) is 11.2. The Morgan fingerprint density at radius 3 is 2.40 bits per heavy atom. The molecule has 9 rings (SSSR count). The predicted molar refractivity (Wildman–Crippen MR) is 214 cm³/mol. The molecule has 3 aliphatic rings. The molecule has 4 aromatic heterocycles. The number of imide groups is 1. The first-order valence-corrected chi connectivity index (χ1v) is 19.5. The zero-order valence-corrected chi connectivity index (χ0v) is 31.6. The van der Waals surface area contributed by atoms with Crippen molar-refractivity contribution in [1.82, 2.24) is 29.7 Å². The molecular weight excluding hydrogens is 721 g/mol. The van der Waals surface area contributed by atoms with Crippen LogP contribution in [0.3, 0.4) is 0 Å². The molecule has 1 N–H and O–H groups in total. The molecule has 1 atom stereocenters. The number of unbranched alkanes of at least 4 members (excludes halogenated alkanes) is 2. The molecule has 6 heterocycles. The molecule has 1 saturated carbocycles. The Bertz CT molecular complexity index is 2520. The van der Waals surface area contributed by atoms with Crippen molar-refractivity contribution in [1.29, 1.82) is 0 Å². The first kappa shape index (κ1) is 36.1. The number of aryl methyl sites for hydroxylation is 2. The summed E-state index contributed by atoms with van der Waals surface area (Å²) in [6.45, 7) is 4.25. The van der Waals surface area contributed by atoms with Gasteiger partial charge in [-0.05, 0) is 92.6 Å². The molecular formula is C45H42N6O6. The van der Waals surface area contributed by atoms with E-state index in [1.54, 1.807) is 24.4 Å². The number of aromatic nitrogens is 4. The molecule has 1 saturated heterocycles. The average Bonchev–Trinajstić information content (AvgIpc) is 3.64. The van der Waals surface area contributed by atoms with E-state index in [1.807, 2.05) is 42.9 Å². The van der Waals surface area contributed by atoms with Crippen molar-refractivity contribution in [3.8, 4) is 28.5 Å². The van der Waals surface area contributed by atoms with Crippen molar-refractivity contribution >= 4 is 39.5 Å². The van der Waals surface area contributed by atoms with E-state index in [9.17, 15) is 14.4 Å². The third kappa shape index (κ3) is 7.19.